The Labute approximate surface area is 267 Å². The molecule has 200 valence electrons. The first-order valence-electron chi connectivity index (χ1n) is 20.2. The van der Waals surface area contributed by atoms with Crippen molar-refractivity contribution >= 4 is 54.3 Å². The summed E-state index contributed by atoms with van der Waals surface area (Å²) in [6, 6.07) is 16.8. The number of fused-ring (bicyclic) bond motifs is 6. The van der Waals surface area contributed by atoms with Crippen molar-refractivity contribution in [2.24, 2.45) is 0 Å². The Morgan fingerprint density at radius 2 is 0.930 bits per heavy atom. The van der Waals surface area contributed by atoms with Gasteiger partial charge in [-0.25, -0.2) is 0 Å². The SMILES string of the molecule is [2H]c1c([2H])c([2H])c(-c2c3c([2H])c([2H])c([2H])c([2H])c3c(-c3ccc4c(c3)oc3cc(-c5cccc6ccccc56)ccc34)c3c([2H])c([2H])c([2H])c([2H])c23)c([2H])c1[2H]. The molecule has 0 atom stereocenters. The van der Waals surface area contributed by atoms with E-state index in [2.05, 4.69) is 6.07 Å². The zero-order valence-electron chi connectivity index (χ0n) is 35.4. The van der Waals surface area contributed by atoms with E-state index in [0.717, 1.165) is 32.7 Å². The molecule has 0 radical (unpaired) electrons. The maximum atomic E-state index is 9.21. The van der Waals surface area contributed by atoms with Gasteiger partial charge in [0.25, 0.3) is 0 Å². The summed E-state index contributed by atoms with van der Waals surface area (Å²) < 4.78 is 121. The molecular weight excluding hydrogens is 520 g/mol. The standard InChI is InChI=1S/C42H26O/c1-2-12-28(13-3-1)41-35-16-6-8-18-37(35)42(38-19-9-7-17-36(38)41)30-22-24-34-33-23-21-29(25-39(33)43-40(34)26-30)32-20-10-14-27-11-4-5-15-31(27)32/h1-26H/i1D,2D,3D,6D,7D,8D,9D,12D,13D,16D,17D,18D,19D. The lowest BCUT2D eigenvalue weighted by molar-refractivity contribution is 0.669. The van der Waals surface area contributed by atoms with E-state index in [0.29, 0.717) is 16.7 Å². The first kappa shape index (κ1) is 14.5. The van der Waals surface area contributed by atoms with Gasteiger partial charge in [0.05, 0.1) is 17.8 Å². The molecule has 0 spiro atoms. The van der Waals surface area contributed by atoms with Crippen molar-refractivity contribution in [3.05, 3.63) is 157 Å². The topological polar surface area (TPSA) is 13.1 Å². The summed E-state index contributed by atoms with van der Waals surface area (Å²) in [4.78, 5) is 0. The fraction of sp³-hybridized carbons (Fsp3) is 0. The lowest BCUT2D eigenvalue weighted by atomic mass is 9.86. The minimum Gasteiger partial charge on any atom is -0.456 e. The molecule has 9 rings (SSSR count). The van der Waals surface area contributed by atoms with Gasteiger partial charge in [0.15, 0.2) is 0 Å². The van der Waals surface area contributed by atoms with Gasteiger partial charge in [-0.2, -0.15) is 0 Å². The van der Waals surface area contributed by atoms with Crippen molar-refractivity contribution in [3.8, 4) is 33.4 Å². The minimum absolute atomic E-state index is 0.0453. The highest BCUT2D eigenvalue weighted by molar-refractivity contribution is 6.22. The van der Waals surface area contributed by atoms with Crippen molar-refractivity contribution in [2.45, 2.75) is 0 Å². The van der Waals surface area contributed by atoms with Crippen molar-refractivity contribution in [3.63, 3.8) is 0 Å². The number of hydrogen-bond acceptors (Lipinski definition) is 1. The molecule has 1 nitrogen and oxygen atoms in total. The third kappa shape index (κ3) is 3.72. The molecule has 9 aromatic rings. The van der Waals surface area contributed by atoms with Gasteiger partial charge in [-0.3, -0.25) is 0 Å². The Bertz CT molecular complexity index is 3130. The summed E-state index contributed by atoms with van der Waals surface area (Å²) in [5, 5.41) is 2.90. The fourth-order valence-corrected chi connectivity index (χ4v) is 6.12. The molecule has 0 saturated heterocycles. The average molecular weight is 560 g/mol. The average Bonchev–Trinajstić information content (AvgIpc) is 3.58. The van der Waals surface area contributed by atoms with Crippen LogP contribution in [0.25, 0.3) is 87.6 Å². The lowest BCUT2D eigenvalue weighted by Gasteiger charge is -2.17. The number of rotatable bonds is 3. The first-order valence-corrected chi connectivity index (χ1v) is 13.7. The minimum atomic E-state index is -0.716. The van der Waals surface area contributed by atoms with Crippen LogP contribution < -0.4 is 0 Å². The van der Waals surface area contributed by atoms with Crippen LogP contribution in [0.3, 0.4) is 0 Å². The third-order valence-corrected chi connectivity index (χ3v) is 7.99. The highest BCUT2D eigenvalue weighted by Gasteiger charge is 2.18. The Morgan fingerprint density at radius 1 is 0.395 bits per heavy atom. The van der Waals surface area contributed by atoms with Crippen molar-refractivity contribution < 1.29 is 22.2 Å². The van der Waals surface area contributed by atoms with Crippen LogP contribution in [0, 0.1) is 0 Å². The van der Waals surface area contributed by atoms with Crippen molar-refractivity contribution in [2.75, 3.05) is 0 Å². The summed E-state index contributed by atoms with van der Waals surface area (Å²) in [5.41, 5.74) is 2.52. The molecule has 0 amide bonds. The zero-order chi connectivity index (χ0) is 39.6. The second-order valence-electron chi connectivity index (χ2n) is 10.3. The summed E-state index contributed by atoms with van der Waals surface area (Å²) in [6.07, 6.45) is 0. The largest absolute Gasteiger partial charge is 0.456 e. The predicted octanol–water partition coefficient (Wildman–Crippen LogP) is 12.0. The molecule has 1 heterocycles. The Morgan fingerprint density at radius 3 is 1.60 bits per heavy atom. The van der Waals surface area contributed by atoms with Crippen LogP contribution in [-0.4, -0.2) is 0 Å². The van der Waals surface area contributed by atoms with Crippen LogP contribution in [0.2, 0.25) is 0 Å². The van der Waals surface area contributed by atoms with Crippen LogP contribution in [0.5, 0.6) is 0 Å². The molecule has 0 N–H and O–H groups in total. The Balaban J connectivity index is 1.42. The normalized spacial score (nSPS) is 16.0. The number of hydrogen-bond donors (Lipinski definition) is 0. The maximum Gasteiger partial charge on any atom is 0.136 e. The second-order valence-corrected chi connectivity index (χ2v) is 10.3. The smallest absolute Gasteiger partial charge is 0.136 e. The molecule has 43 heavy (non-hydrogen) atoms. The molecule has 0 bridgehead atoms. The fourth-order valence-electron chi connectivity index (χ4n) is 6.12. The summed E-state index contributed by atoms with van der Waals surface area (Å²) in [7, 11) is 0. The lowest BCUT2D eigenvalue weighted by Crippen LogP contribution is -1.90. The van der Waals surface area contributed by atoms with E-state index in [1.807, 2.05) is 54.6 Å². The van der Waals surface area contributed by atoms with Crippen LogP contribution in [0.4, 0.5) is 0 Å². The van der Waals surface area contributed by atoms with Gasteiger partial charge in [0, 0.05) is 10.8 Å². The molecular formula is C42H26O. The van der Waals surface area contributed by atoms with E-state index in [1.165, 1.54) is 0 Å². The zero-order valence-corrected chi connectivity index (χ0v) is 22.4. The second kappa shape index (κ2) is 9.44. The number of furan rings is 1. The first-order chi connectivity index (χ1) is 26.7. The highest BCUT2D eigenvalue weighted by Crippen LogP contribution is 2.44. The summed E-state index contributed by atoms with van der Waals surface area (Å²) in [6.45, 7) is 0. The molecule has 0 unspecified atom stereocenters. The van der Waals surface area contributed by atoms with Gasteiger partial charge in [-0.1, -0.05) is 133 Å². The highest BCUT2D eigenvalue weighted by atomic mass is 16.3. The molecule has 0 aliphatic heterocycles. The quantitative estimate of drug-likeness (QED) is 0.196. The Kier molecular flexibility index (Phi) is 3.18. The molecule has 1 heteroatoms. The molecule has 0 aliphatic carbocycles. The maximum absolute atomic E-state index is 9.21. The van der Waals surface area contributed by atoms with E-state index in [-0.39, 0.29) is 32.7 Å². The van der Waals surface area contributed by atoms with Crippen LogP contribution in [0.1, 0.15) is 17.8 Å². The van der Waals surface area contributed by atoms with Gasteiger partial charge >= 0.3 is 0 Å². The molecule has 0 aliphatic rings. The van der Waals surface area contributed by atoms with E-state index in [1.54, 1.807) is 18.2 Å². The van der Waals surface area contributed by atoms with Crippen LogP contribution in [-0.2, 0) is 0 Å². The van der Waals surface area contributed by atoms with Gasteiger partial charge < -0.3 is 4.42 Å². The van der Waals surface area contributed by atoms with E-state index >= 15 is 0 Å². The van der Waals surface area contributed by atoms with E-state index in [9.17, 15) is 2.74 Å². The summed E-state index contributed by atoms with van der Waals surface area (Å²) in [5.74, 6) is 0. The van der Waals surface area contributed by atoms with Gasteiger partial charge in [0.1, 0.15) is 11.2 Å². The summed E-state index contributed by atoms with van der Waals surface area (Å²) >= 11 is 0. The van der Waals surface area contributed by atoms with Crippen molar-refractivity contribution in [1.82, 2.24) is 0 Å². The Hall–Kier alpha value is -5.66. The van der Waals surface area contributed by atoms with Crippen molar-refractivity contribution in [1.29, 1.82) is 0 Å². The van der Waals surface area contributed by atoms with Gasteiger partial charge in [-0.05, 0) is 90.0 Å². The van der Waals surface area contributed by atoms with Gasteiger partial charge in [-0.15, -0.1) is 0 Å². The molecule has 8 aromatic carbocycles. The van der Waals surface area contributed by atoms with Crippen LogP contribution in [0.15, 0.2) is 162 Å². The molecule has 0 saturated carbocycles. The van der Waals surface area contributed by atoms with Gasteiger partial charge in [0.2, 0.25) is 0 Å². The van der Waals surface area contributed by atoms with Crippen LogP contribution >= 0.6 is 0 Å². The van der Waals surface area contributed by atoms with E-state index in [4.69, 9.17) is 19.5 Å². The number of benzene rings is 8. The molecule has 1 aromatic heterocycles. The molecule has 0 fully saturated rings. The third-order valence-electron chi connectivity index (χ3n) is 7.99. The van der Waals surface area contributed by atoms with E-state index < -0.39 is 84.1 Å². The monoisotopic (exact) mass is 559 g/mol. The predicted molar refractivity (Wildman–Crippen MR) is 183 cm³/mol.